The predicted octanol–water partition coefficient (Wildman–Crippen LogP) is 4.28. The standard InChI is InChI=1S/C22H26N4OS/c1-15-14-26-21(20(24-22(26)28-15)18-7-3-4-10-23-18)17-9-8-16(13-19(17)27-2)25-11-5-6-12-25/h3-4,7-10,13,15,20-21H,5-6,11-12,14H2,1-2H3/t15-,20-,21+/m0/s1. The molecular formula is C22H26N4OS. The Morgan fingerprint density at radius 2 is 2.00 bits per heavy atom. The summed E-state index contributed by atoms with van der Waals surface area (Å²) in [7, 11) is 1.78. The van der Waals surface area contributed by atoms with Gasteiger partial charge in [0.1, 0.15) is 11.8 Å². The molecule has 3 aliphatic rings. The first-order valence-electron chi connectivity index (χ1n) is 10.1. The first-order valence-corrected chi connectivity index (χ1v) is 11.0. The SMILES string of the molecule is COc1cc(N2CCCC2)ccc1[C@@H]1[C@H](c2ccccn2)N=C2S[C@@H](C)CN21. The van der Waals surface area contributed by atoms with Crippen LogP contribution in [0.25, 0.3) is 0 Å². The zero-order chi connectivity index (χ0) is 19.1. The molecule has 0 radical (unpaired) electrons. The Morgan fingerprint density at radius 1 is 1.14 bits per heavy atom. The van der Waals surface area contributed by atoms with Crippen LogP contribution in [-0.4, -0.2) is 47.0 Å². The highest BCUT2D eigenvalue weighted by Crippen LogP contribution is 2.50. The second-order valence-electron chi connectivity index (χ2n) is 7.76. The van der Waals surface area contributed by atoms with Crippen LogP contribution in [0.4, 0.5) is 5.69 Å². The Hall–Kier alpha value is -2.21. The number of rotatable bonds is 4. The summed E-state index contributed by atoms with van der Waals surface area (Å²) in [6.07, 6.45) is 4.41. The Morgan fingerprint density at radius 3 is 2.75 bits per heavy atom. The smallest absolute Gasteiger partial charge is 0.160 e. The third-order valence-electron chi connectivity index (χ3n) is 5.89. The normalized spacial score (nSPS) is 26.5. The fourth-order valence-electron chi connectivity index (χ4n) is 4.57. The molecule has 1 aromatic heterocycles. The molecule has 0 N–H and O–H groups in total. The van der Waals surface area contributed by atoms with E-state index in [-0.39, 0.29) is 12.1 Å². The molecule has 0 aliphatic carbocycles. The maximum absolute atomic E-state index is 5.89. The Bertz CT molecular complexity index is 881. The van der Waals surface area contributed by atoms with Gasteiger partial charge in [-0.2, -0.15) is 0 Å². The molecule has 3 atom stereocenters. The van der Waals surface area contributed by atoms with Crippen LogP contribution in [0, 0.1) is 0 Å². The van der Waals surface area contributed by atoms with E-state index in [1.807, 2.05) is 30.1 Å². The maximum Gasteiger partial charge on any atom is 0.160 e. The Kier molecular flexibility index (Phi) is 4.67. The first kappa shape index (κ1) is 17.9. The lowest BCUT2D eigenvalue weighted by Crippen LogP contribution is -2.29. The van der Waals surface area contributed by atoms with Crippen LogP contribution in [-0.2, 0) is 0 Å². The van der Waals surface area contributed by atoms with Crippen LogP contribution < -0.4 is 9.64 Å². The molecule has 0 amide bonds. The molecule has 0 spiro atoms. The average molecular weight is 395 g/mol. The van der Waals surface area contributed by atoms with Crippen molar-refractivity contribution in [3.05, 3.63) is 53.9 Å². The van der Waals surface area contributed by atoms with E-state index in [2.05, 4.69) is 46.0 Å². The fraction of sp³-hybridized carbons (Fsp3) is 0.455. The number of amidine groups is 1. The van der Waals surface area contributed by atoms with E-state index in [0.717, 1.165) is 36.2 Å². The number of fused-ring (bicyclic) bond motifs is 1. The van der Waals surface area contributed by atoms with E-state index in [0.29, 0.717) is 5.25 Å². The first-order chi connectivity index (χ1) is 13.7. The number of nitrogens with zero attached hydrogens (tertiary/aromatic N) is 4. The van der Waals surface area contributed by atoms with Gasteiger partial charge in [0.2, 0.25) is 0 Å². The fourth-order valence-corrected chi connectivity index (χ4v) is 5.66. The summed E-state index contributed by atoms with van der Waals surface area (Å²) in [5, 5.41) is 1.69. The number of ether oxygens (including phenoxy) is 1. The summed E-state index contributed by atoms with van der Waals surface area (Å²) in [6.45, 7) is 5.55. The molecule has 5 nitrogen and oxygen atoms in total. The third kappa shape index (κ3) is 3.04. The maximum atomic E-state index is 5.89. The minimum Gasteiger partial charge on any atom is -0.496 e. The Balaban J connectivity index is 1.55. The van der Waals surface area contributed by atoms with E-state index in [4.69, 9.17) is 9.73 Å². The van der Waals surface area contributed by atoms with E-state index in [9.17, 15) is 0 Å². The largest absolute Gasteiger partial charge is 0.496 e. The van der Waals surface area contributed by atoms with Crippen molar-refractivity contribution in [1.82, 2.24) is 9.88 Å². The van der Waals surface area contributed by atoms with Gasteiger partial charge in [-0.1, -0.05) is 30.8 Å². The second-order valence-corrected chi connectivity index (χ2v) is 9.16. The summed E-state index contributed by atoms with van der Waals surface area (Å²) in [6, 6.07) is 12.9. The van der Waals surface area contributed by atoms with E-state index < -0.39 is 0 Å². The Labute approximate surface area is 170 Å². The number of aromatic nitrogens is 1. The molecule has 2 saturated heterocycles. The lowest BCUT2D eigenvalue weighted by atomic mass is 9.95. The quantitative estimate of drug-likeness (QED) is 0.774. The van der Waals surface area contributed by atoms with Crippen molar-refractivity contribution >= 4 is 22.6 Å². The molecule has 5 rings (SSSR count). The number of hydrogen-bond acceptors (Lipinski definition) is 6. The predicted molar refractivity (Wildman–Crippen MR) is 115 cm³/mol. The van der Waals surface area contributed by atoms with Crippen LogP contribution in [0.1, 0.15) is 43.1 Å². The lowest BCUT2D eigenvalue weighted by molar-refractivity contribution is 0.307. The van der Waals surface area contributed by atoms with E-state index in [1.165, 1.54) is 24.1 Å². The lowest BCUT2D eigenvalue weighted by Gasteiger charge is -2.29. The number of pyridine rings is 1. The number of benzene rings is 1. The van der Waals surface area contributed by atoms with Gasteiger partial charge < -0.3 is 14.5 Å². The molecule has 3 aliphatic heterocycles. The molecule has 2 aromatic rings. The zero-order valence-corrected chi connectivity index (χ0v) is 17.2. The number of aliphatic imine (C=N–C) groups is 1. The van der Waals surface area contributed by atoms with Crippen molar-refractivity contribution in [1.29, 1.82) is 0 Å². The molecule has 28 heavy (non-hydrogen) atoms. The van der Waals surface area contributed by atoms with Crippen LogP contribution in [0.2, 0.25) is 0 Å². The number of methoxy groups -OCH3 is 1. The molecule has 0 saturated carbocycles. The summed E-state index contributed by atoms with van der Waals surface area (Å²) in [5.41, 5.74) is 3.48. The van der Waals surface area contributed by atoms with Crippen LogP contribution >= 0.6 is 11.8 Å². The van der Waals surface area contributed by atoms with Crippen molar-refractivity contribution in [2.45, 2.75) is 37.1 Å². The monoisotopic (exact) mass is 394 g/mol. The van der Waals surface area contributed by atoms with Gasteiger partial charge in [-0.3, -0.25) is 9.98 Å². The molecular weight excluding hydrogens is 368 g/mol. The van der Waals surface area contributed by atoms with Gasteiger partial charge >= 0.3 is 0 Å². The highest BCUT2D eigenvalue weighted by atomic mass is 32.2. The highest BCUT2D eigenvalue weighted by molar-refractivity contribution is 8.14. The van der Waals surface area contributed by atoms with Crippen molar-refractivity contribution in [2.75, 3.05) is 31.6 Å². The van der Waals surface area contributed by atoms with Gasteiger partial charge in [-0.05, 0) is 31.0 Å². The highest BCUT2D eigenvalue weighted by Gasteiger charge is 2.44. The van der Waals surface area contributed by atoms with Crippen molar-refractivity contribution in [3.8, 4) is 5.75 Å². The molecule has 146 valence electrons. The number of hydrogen-bond donors (Lipinski definition) is 0. The van der Waals surface area contributed by atoms with Gasteiger partial charge in [0.25, 0.3) is 0 Å². The molecule has 4 heterocycles. The van der Waals surface area contributed by atoms with Crippen molar-refractivity contribution in [3.63, 3.8) is 0 Å². The summed E-state index contributed by atoms with van der Waals surface area (Å²) < 4.78 is 5.89. The molecule has 0 unspecified atom stereocenters. The van der Waals surface area contributed by atoms with Gasteiger partial charge in [0, 0.05) is 48.4 Å². The van der Waals surface area contributed by atoms with Crippen LogP contribution in [0.15, 0.2) is 47.6 Å². The minimum absolute atomic E-state index is 0.00253. The van der Waals surface area contributed by atoms with Crippen molar-refractivity contribution < 1.29 is 4.74 Å². The van der Waals surface area contributed by atoms with E-state index in [1.54, 1.807) is 7.11 Å². The summed E-state index contributed by atoms with van der Waals surface area (Å²) in [4.78, 5) is 14.6. The second kappa shape index (κ2) is 7.32. The van der Waals surface area contributed by atoms with E-state index >= 15 is 0 Å². The van der Waals surface area contributed by atoms with Crippen molar-refractivity contribution in [2.24, 2.45) is 4.99 Å². The molecule has 0 bridgehead atoms. The van der Waals surface area contributed by atoms with Gasteiger partial charge in [0.15, 0.2) is 5.17 Å². The van der Waals surface area contributed by atoms with Crippen LogP contribution in [0.3, 0.4) is 0 Å². The summed E-state index contributed by atoms with van der Waals surface area (Å²) in [5.74, 6) is 0.955. The number of anilines is 1. The molecule has 6 heteroatoms. The van der Waals surface area contributed by atoms with Gasteiger partial charge in [0.05, 0.1) is 18.8 Å². The average Bonchev–Trinajstić information content (AvgIpc) is 3.44. The molecule has 1 aromatic carbocycles. The number of thioether (sulfide) groups is 1. The van der Waals surface area contributed by atoms with Crippen LogP contribution in [0.5, 0.6) is 5.75 Å². The van der Waals surface area contributed by atoms with Gasteiger partial charge in [-0.15, -0.1) is 0 Å². The van der Waals surface area contributed by atoms with Gasteiger partial charge in [-0.25, -0.2) is 0 Å². The zero-order valence-electron chi connectivity index (χ0n) is 16.4. The summed E-state index contributed by atoms with van der Waals surface area (Å²) >= 11 is 1.87. The minimum atomic E-state index is 0.00253. The third-order valence-corrected chi connectivity index (χ3v) is 6.99. The topological polar surface area (TPSA) is 41.0 Å². The molecule has 2 fully saturated rings.